The summed E-state index contributed by atoms with van der Waals surface area (Å²) in [6.07, 6.45) is 1.67. The Hall–Kier alpha value is -2.02. The van der Waals surface area contributed by atoms with Crippen molar-refractivity contribution in [3.63, 3.8) is 0 Å². The second kappa shape index (κ2) is 7.70. The van der Waals surface area contributed by atoms with Crippen molar-refractivity contribution >= 4 is 29.1 Å². The second-order valence-corrected chi connectivity index (χ2v) is 8.00. The van der Waals surface area contributed by atoms with Crippen LogP contribution in [0.5, 0.6) is 0 Å². The van der Waals surface area contributed by atoms with Crippen molar-refractivity contribution in [2.24, 2.45) is 0 Å². The molecule has 2 aliphatic rings. The molecule has 7 heteroatoms. The Kier molecular flexibility index (Phi) is 5.15. The van der Waals surface area contributed by atoms with E-state index in [1.54, 1.807) is 12.4 Å². The molecule has 1 atom stereocenters. The lowest BCUT2D eigenvalue weighted by atomic mass is 10.1. The van der Waals surface area contributed by atoms with E-state index < -0.39 is 0 Å². The van der Waals surface area contributed by atoms with E-state index in [0.717, 1.165) is 55.9 Å². The molecule has 3 heterocycles. The first-order chi connectivity index (χ1) is 12.7. The van der Waals surface area contributed by atoms with Crippen LogP contribution in [-0.2, 0) is 0 Å². The number of thioether (sulfide) groups is 1. The number of anilines is 3. The molecule has 2 aliphatic heterocycles. The maximum absolute atomic E-state index is 14.1. The minimum absolute atomic E-state index is 0.152. The molecular weight excluding hydrogens is 349 g/mol. The zero-order valence-electron chi connectivity index (χ0n) is 15.0. The van der Waals surface area contributed by atoms with Crippen LogP contribution in [0.1, 0.15) is 6.92 Å². The molecule has 138 valence electrons. The molecule has 2 aromatic rings. The van der Waals surface area contributed by atoms with Gasteiger partial charge < -0.3 is 14.7 Å². The van der Waals surface area contributed by atoms with Gasteiger partial charge in [0.2, 0.25) is 0 Å². The number of hydrogen-bond acceptors (Lipinski definition) is 6. The monoisotopic (exact) mass is 373 g/mol. The summed E-state index contributed by atoms with van der Waals surface area (Å²) < 4.78 is 14.1. The van der Waals surface area contributed by atoms with E-state index in [-0.39, 0.29) is 11.9 Å². The lowest BCUT2D eigenvalue weighted by Gasteiger charge is -2.41. The molecule has 1 unspecified atom stereocenters. The maximum atomic E-state index is 14.1. The van der Waals surface area contributed by atoms with E-state index in [1.165, 1.54) is 6.07 Å². The summed E-state index contributed by atoms with van der Waals surface area (Å²) >= 11 is 1.99. The Morgan fingerprint density at radius 1 is 1.00 bits per heavy atom. The van der Waals surface area contributed by atoms with Crippen LogP contribution in [0, 0.1) is 5.82 Å². The van der Waals surface area contributed by atoms with Crippen molar-refractivity contribution in [2.45, 2.75) is 13.0 Å². The van der Waals surface area contributed by atoms with Crippen molar-refractivity contribution < 1.29 is 4.39 Å². The summed E-state index contributed by atoms with van der Waals surface area (Å²) in [7, 11) is 0. The van der Waals surface area contributed by atoms with Crippen molar-refractivity contribution in [3.8, 4) is 0 Å². The zero-order chi connectivity index (χ0) is 17.9. The summed E-state index contributed by atoms with van der Waals surface area (Å²) in [4.78, 5) is 15.8. The van der Waals surface area contributed by atoms with Gasteiger partial charge in [0, 0.05) is 56.3 Å². The van der Waals surface area contributed by atoms with Crippen LogP contribution in [-0.4, -0.2) is 60.2 Å². The second-order valence-electron chi connectivity index (χ2n) is 6.77. The average Bonchev–Trinajstić information content (AvgIpc) is 2.69. The van der Waals surface area contributed by atoms with Gasteiger partial charge in [-0.3, -0.25) is 0 Å². The topological polar surface area (TPSA) is 35.5 Å². The van der Waals surface area contributed by atoms with Gasteiger partial charge >= 0.3 is 0 Å². The van der Waals surface area contributed by atoms with Crippen LogP contribution in [0.3, 0.4) is 0 Å². The lowest BCUT2D eigenvalue weighted by molar-refractivity contribution is 0.533. The predicted octanol–water partition coefficient (Wildman–Crippen LogP) is 2.88. The van der Waals surface area contributed by atoms with Gasteiger partial charge in [-0.25, -0.2) is 14.4 Å². The van der Waals surface area contributed by atoms with E-state index in [1.807, 2.05) is 23.9 Å². The molecule has 5 nitrogen and oxygen atoms in total. The quantitative estimate of drug-likeness (QED) is 0.823. The molecule has 4 rings (SSSR count). The standard InChI is InChI=1S/C19H24FN5S/c1-15-13-24(17-5-3-2-4-16(17)20)6-7-25(15)19-12-18(21-14-22-19)23-8-10-26-11-9-23/h2-5,12,14-15H,6-11,13H2,1H3. The molecule has 0 bridgehead atoms. The number of halogens is 1. The van der Waals surface area contributed by atoms with Gasteiger partial charge in [-0.15, -0.1) is 0 Å². The molecule has 0 radical (unpaired) electrons. The molecule has 2 fully saturated rings. The third kappa shape index (κ3) is 3.58. The van der Waals surface area contributed by atoms with Gasteiger partial charge in [0.25, 0.3) is 0 Å². The lowest BCUT2D eigenvalue weighted by Crippen LogP contribution is -2.52. The van der Waals surface area contributed by atoms with Crippen molar-refractivity contribution in [3.05, 3.63) is 42.5 Å². The molecule has 26 heavy (non-hydrogen) atoms. The molecule has 2 saturated heterocycles. The smallest absolute Gasteiger partial charge is 0.146 e. The van der Waals surface area contributed by atoms with Gasteiger partial charge in [-0.2, -0.15) is 11.8 Å². The Balaban J connectivity index is 1.48. The molecule has 0 spiro atoms. The van der Waals surface area contributed by atoms with Gasteiger partial charge in [-0.05, 0) is 19.1 Å². The Morgan fingerprint density at radius 2 is 1.77 bits per heavy atom. The Labute approximate surface area is 158 Å². The third-order valence-electron chi connectivity index (χ3n) is 5.09. The fourth-order valence-corrected chi connectivity index (χ4v) is 4.59. The summed E-state index contributed by atoms with van der Waals surface area (Å²) in [6, 6.07) is 9.37. The highest BCUT2D eigenvalue weighted by Gasteiger charge is 2.26. The van der Waals surface area contributed by atoms with Crippen molar-refractivity contribution in [1.82, 2.24) is 9.97 Å². The normalized spacial score (nSPS) is 21.2. The largest absolute Gasteiger partial charge is 0.365 e. The fourth-order valence-electron chi connectivity index (χ4n) is 3.68. The molecule has 0 aliphatic carbocycles. The van der Waals surface area contributed by atoms with Gasteiger partial charge in [-0.1, -0.05) is 12.1 Å². The first kappa shape index (κ1) is 17.4. The van der Waals surface area contributed by atoms with E-state index in [9.17, 15) is 4.39 Å². The minimum atomic E-state index is -0.152. The molecule has 0 amide bonds. The summed E-state index contributed by atoms with van der Waals surface area (Å²) in [5.74, 6) is 4.13. The van der Waals surface area contributed by atoms with E-state index >= 15 is 0 Å². The minimum Gasteiger partial charge on any atom is -0.365 e. The highest BCUT2D eigenvalue weighted by Crippen LogP contribution is 2.26. The molecule has 1 aromatic heterocycles. The van der Waals surface area contributed by atoms with Crippen LogP contribution < -0.4 is 14.7 Å². The number of hydrogen-bond donors (Lipinski definition) is 0. The Morgan fingerprint density at radius 3 is 2.54 bits per heavy atom. The molecule has 1 aromatic carbocycles. The third-order valence-corrected chi connectivity index (χ3v) is 6.03. The Bertz CT molecular complexity index is 752. The zero-order valence-corrected chi connectivity index (χ0v) is 15.8. The summed E-state index contributed by atoms with van der Waals surface area (Å²) in [5.41, 5.74) is 0.688. The predicted molar refractivity (Wildman–Crippen MR) is 107 cm³/mol. The van der Waals surface area contributed by atoms with Crippen molar-refractivity contribution in [1.29, 1.82) is 0 Å². The molecular formula is C19H24FN5S. The van der Waals surface area contributed by atoms with Gasteiger partial charge in [0.15, 0.2) is 0 Å². The van der Waals surface area contributed by atoms with Crippen LogP contribution in [0.2, 0.25) is 0 Å². The van der Waals surface area contributed by atoms with E-state index in [2.05, 4.69) is 37.7 Å². The van der Waals surface area contributed by atoms with Crippen LogP contribution >= 0.6 is 11.8 Å². The van der Waals surface area contributed by atoms with Crippen molar-refractivity contribution in [2.75, 3.05) is 58.9 Å². The number of benzene rings is 1. The summed E-state index contributed by atoms with van der Waals surface area (Å²) in [6.45, 7) is 6.63. The number of aromatic nitrogens is 2. The first-order valence-corrected chi connectivity index (χ1v) is 10.3. The maximum Gasteiger partial charge on any atom is 0.146 e. The van der Waals surface area contributed by atoms with E-state index in [4.69, 9.17) is 0 Å². The van der Waals surface area contributed by atoms with Crippen LogP contribution in [0.15, 0.2) is 36.7 Å². The molecule has 0 saturated carbocycles. The molecule has 0 N–H and O–H groups in total. The number of piperazine rings is 1. The number of rotatable bonds is 3. The van der Waals surface area contributed by atoms with Gasteiger partial charge in [0.05, 0.1) is 5.69 Å². The number of nitrogens with zero attached hydrogens (tertiary/aromatic N) is 5. The highest BCUT2D eigenvalue weighted by atomic mass is 32.2. The first-order valence-electron chi connectivity index (χ1n) is 9.13. The van der Waals surface area contributed by atoms with Crippen LogP contribution in [0.4, 0.5) is 21.7 Å². The van der Waals surface area contributed by atoms with Crippen LogP contribution in [0.25, 0.3) is 0 Å². The SMILES string of the molecule is CC1CN(c2ccccc2F)CCN1c1cc(N2CCSCC2)ncn1. The summed E-state index contributed by atoms with van der Waals surface area (Å²) in [5, 5.41) is 0. The van der Waals surface area contributed by atoms with E-state index in [0.29, 0.717) is 5.69 Å². The average molecular weight is 374 g/mol. The number of para-hydroxylation sites is 1. The fraction of sp³-hybridized carbons (Fsp3) is 0.474. The highest BCUT2D eigenvalue weighted by molar-refractivity contribution is 7.99. The van der Waals surface area contributed by atoms with Gasteiger partial charge in [0.1, 0.15) is 23.8 Å².